The first-order valence-corrected chi connectivity index (χ1v) is 7.70. The lowest BCUT2D eigenvalue weighted by Gasteiger charge is -2.23. The van der Waals surface area contributed by atoms with Gasteiger partial charge in [-0.1, -0.05) is 30.3 Å². The van der Waals surface area contributed by atoms with E-state index in [2.05, 4.69) is 20.8 Å². The van der Waals surface area contributed by atoms with Crippen LogP contribution in [0.25, 0.3) is 0 Å². The topological polar surface area (TPSA) is 116 Å². The molecule has 0 spiro atoms. The summed E-state index contributed by atoms with van der Waals surface area (Å²) in [6.07, 6.45) is 1.61. The summed E-state index contributed by atoms with van der Waals surface area (Å²) in [4.78, 5) is 22.0. The van der Waals surface area contributed by atoms with E-state index in [0.29, 0.717) is 30.4 Å². The summed E-state index contributed by atoms with van der Waals surface area (Å²) >= 11 is 0. The second-order valence-corrected chi connectivity index (χ2v) is 5.10. The first-order chi connectivity index (χ1) is 11.7. The van der Waals surface area contributed by atoms with Crippen molar-refractivity contribution in [3.05, 3.63) is 42.2 Å². The lowest BCUT2D eigenvalue weighted by Crippen LogP contribution is -2.32. The Kier molecular flexibility index (Phi) is 6.32. The van der Waals surface area contributed by atoms with Crippen molar-refractivity contribution in [1.82, 2.24) is 15.4 Å². The van der Waals surface area contributed by atoms with Crippen molar-refractivity contribution < 1.29 is 9.90 Å². The predicted octanol–water partition coefficient (Wildman–Crippen LogP) is 0.563. The zero-order chi connectivity index (χ0) is 17.4. The number of nitrogens with one attached hydrogen (secondary N) is 2. The molecule has 0 atom stereocenters. The van der Waals surface area contributed by atoms with Crippen LogP contribution in [-0.4, -0.2) is 40.7 Å². The number of rotatable bonds is 8. The highest BCUT2D eigenvalue weighted by Gasteiger charge is 2.14. The van der Waals surface area contributed by atoms with Crippen molar-refractivity contribution in [1.29, 1.82) is 0 Å². The van der Waals surface area contributed by atoms with Gasteiger partial charge in [0.05, 0.1) is 13.0 Å². The normalized spacial score (nSPS) is 10.2. The maximum absolute atomic E-state index is 12.0. The van der Waals surface area contributed by atoms with E-state index >= 15 is 0 Å². The fourth-order valence-corrected chi connectivity index (χ4v) is 2.23. The monoisotopic (exact) mass is 330 g/mol. The smallest absolute Gasteiger partial charge is 0.242 e. The first-order valence-electron chi connectivity index (χ1n) is 7.70. The summed E-state index contributed by atoms with van der Waals surface area (Å²) in [5.41, 5.74) is 12.6. The van der Waals surface area contributed by atoms with Crippen molar-refractivity contribution in [2.75, 3.05) is 35.8 Å². The van der Waals surface area contributed by atoms with Crippen molar-refractivity contribution in [3.8, 4) is 0 Å². The van der Waals surface area contributed by atoms with Gasteiger partial charge in [0, 0.05) is 13.1 Å². The third-order valence-corrected chi connectivity index (χ3v) is 3.44. The number of carbonyl (C=O) groups excluding carboxylic acids is 1. The van der Waals surface area contributed by atoms with Crippen LogP contribution in [0, 0.1) is 0 Å². The fourth-order valence-electron chi connectivity index (χ4n) is 2.23. The maximum Gasteiger partial charge on any atom is 0.242 e. The number of anilines is 3. The number of nitrogens with zero attached hydrogens (tertiary/aromatic N) is 3. The van der Waals surface area contributed by atoms with E-state index in [4.69, 9.17) is 10.8 Å². The Bertz CT molecular complexity index is 665. The number of aliphatic hydroxyl groups is 1. The SMILES string of the molecule is CCN(CCO)c1ncnc(NNC(=O)Cc2ccccc2)c1N. The van der Waals surface area contributed by atoms with Crippen LogP contribution in [-0.2, 0) is 11.2 Å². The Balaban J connectivity index is 2.01. The van der Waals surface area contributed by atoms with Crippen LogP contribution in [0.3, 0.4) is 0 Å². The molecule has 0 unspecified atom stereocenters. The summed E-state index contributed by atoms with van der Waals surface area (Å²) in [5, 5.41) is 9.11. The molecule has 5 N–H and O–H groups in total. The van der Waals surface area contributed by atoms with Crippen LogP contribution in [0.2, 0.25) is 0 Å². The second kappa shape index (κ2) is 8.68. The molecule has 0 saturated heterocycles. The summed E-state index contributed by atoms with van der Waals surface area (Å²) in [6.45, 7) is 2.99. The fraction of sp³-hybridized carbons (Fsp3) is 0.312. The third kappa shape index (κ3) is 4.56. The molecule has 2 aromatic rings. The molecule has 2 rings (SSSR count). The van der Waals surface area contributed by atoms with Gasteiger partial charge in [-0.05, 0) is 12.5 Å². The number of hydrogen-bond acceptors (Lipinski definition) is 7. The number of aliphatic hydroxyl groups excluding tert-OH is 1. The van der Waals surface area contributed by atoms with Gasteiger partial charge in [-0.25, -0.2) is 9.97 Å². The van der Waals surface area contributed by atoms with Crippen molar-refractivity contribution in [3.63, 3.8) is 0 Å². The van der Waals surface area contributed by atoms with E-state index in [-0.39, 0.29) is 18.9 Å². The van der Waals surface area contributed by atoms with Gasteiger partial charge in [-0.15, -0.1) is 0 Å². The number of hydrogen-bond donors (Lipinski definition) is 4. The molecular formula is C16H22N6O2. The summed E-state index contributed by atoms with van der Waals surface area (Å²) in [7, 11) is 0. The zero-order valence-corrected chi connectivity index (χ0v) is 13.6. The first kappa shape index (κ1) is 17.5. The lowest BCUT2D eigenvalue weighted by molar-refractivity contribution is -0.119. The molecule has 0 aliphatic rings. The van der Waals surface area contributed by atoms with Gasteiger partial charge in [0.25, 0.3) is 0 Å². The minimum absolute atomic E-state index is 0.00609. The minimum Gasteiger partial charge on any atom is -0.395 e. The van der Waals surface area contributed by atoms with Crippen molar-refractivity contribution in [2.45, 2.75) is 13.3 Å². The van der Waals surface area contributed by atoms with E-state index in [0.717, 1.165) is 5.56 Å². The van der Waals surface area contributed by atoms with Gasteiger partial charge in [0.15, 0.2) is 11.6 Å². The molecule has 0 aliphatic heterocycles. The third-order valence-electron chi connectivity index (χ3n) is 3.44. The molecule has 24 heavy (non-hydrogen) atoms. The molecule has 1 aromatic heterocycles. The van der Waals surface area contributed by atoms with Gasteiger partial charge >= 0.3 is 0 Å². The highest BCUT2D eigenvalue weighted by molar-refractivity contribution is 5.82. The van der Waals surface area contributed by atoms with E-state index in [9.17, 15) is 4.79 Å². The predicted molar refractivity (Wildman–Crippen MR) is 93.3 cm³/mol. The molecule has 0 aliphatic carbocycles. The van der Waals surface area contributed by atoms with Crippen molar-refractivity contribution >= 4 is 23.2 Å². The average Bonchev–Trinajstić information content (AvgIpc) is 2.60. The van der Waals surface area contributed by atoms with Crippen LogP contribution < -0.4 is 21.5 Å². The van der Waals surface area contributed by atoms with Gasteiger partial charge in [-0.2, -0.15) is 0 Å². The number of carbonyl (C=O) groups is 1. The second-order valence-electron chi connectivity index (χ2n) is 5.10. The van der Waals surface area contributed by atoms with Gasteiger partial charge in [-0.3, -0.25) is 15.6 Å². The molecule has 0 saturated carbocycles. The Morgan fingerprint density at radius 1 is 1.29 bits per heavy atom. The van der Waals surface area contributed by atoms with Crippen LogP contribution in [0.1, 0.15) is 12.5 Å². The van der Waals surface area contributed by atoms with Gasteiger partial charge in [0.2, 0.25) is 5.91 Å². The Labute approximate surface area is 140 Å². The molecule has 128 valence electrons. The molecule has 0 radical (unpaired) electrons. The summed E-state index contributed by atoms with van der Waals surface area (Å²) < 4.78 is 0. The average molecular weight is 330 g/mol. The van der Waals surface area contributed by atoms with Crippen LogP contribution >= 0.6 is 0 Å². The van der Waals surface area contributed by atoms with Crippen LogP contribution in [0.4, 0.5) is 17.3 Å². The summed E-state index contributed by atoms with van der Waals surface area (Å²) in [5.74, 6) is 0.627. The van der Waals surface area contributed by atoms with E-state index in [1.165, 1.54) is 6.33 Å². The molecule has 1 aromatic carbocycles. The molecule has 1 amide bonds. The lowest BCUT2D eigenvalue weighted by atomic mass is 10.1. The Hall–Kier alpha value is -2.87. The van der Waals surface area contributed by atoms with Crippen molar-refractivity contribution in [2.24, 2.45) is 0 Å². The number of benzene rings is 1. The highest BCUT2D eigenvalue weighted by atomic mass is 16.3. The quantitative estimate of drug-likeness (QED) is 0.523. The standard InChI is InChI=1S/C16H22N6O2/c1-2-22(8-9-23)16-14(17)15(18-11-19-16)21-20-13(24)10-12-6-4-3-5-7-12/h3-7,11,23H,2,8-10,17H2,1H3,(H,20,24)(H,18,19,21). The molecule has 8 nitrogen and oxygen atoms in total. The Morgan fingerprint density at radius 2 is 2.04 bits per heavy atom. The number of amides is 1. The number of nitrogens with two attached hydrogens (primary N) is 1. The van der Waals surface area contributed by atoms with Crippen LogP contribution in [0.15, 0.2) is 36.7 Å². The number of hydrazine groups is 1. The number of likely N-dealkylation sites (N-methyl/N-ethyl adjacent to an activating group) is 1. The molecule has 0 fully saturated rings. The zero-order valence-electron chi connectivity index (χ0n) is 13.6. The maximum atomic E-state index is 12.0. The van der Waals surface area contributed by atoms with E-state index < -0.39 is 0 Å². The molecule has 0 bridgehead atoms. The molecular weight excluding hydrogens is 308 g/mol. The minimum atomic E-state index is -0.205. The molecule has 8 heteroatoms. The van der Waals surface area contributed by atoms with Crippen LogP contribution in [0.5, 0.6) is 0 Å². The molecule has 1 heterocycles. The van der Waals surface area contributed by atoms with E-state index in [1.54, 1.807) is 0 Å². The Morgan fingerprint density at radius 3 is 2.71 bits per heavy atom. The van der Waals surface area contributed by atoms with Gasteiger partial charge in [0.1, 0.15) is 12.0 Å². The number of aromatic nitrogens is 2. The highest BCUT2D eigenvalue weighted by Crippen LogP contribution is 2.25. The van der Waals surface area contributed by atoms with E-state index in [1.807, 2.05) is 42.2 Å². The summed E-state index contributed by atoms with van der Waals surface area (Å²) in [6, 6.07) is 9.42. The number of nitrogen functional groups attached to an aromatic ring is 1. The van der Waals surface area contributed by atoms with Gasteiger partial charge < -0.3 is 15.7 Å². The largest absolute Gasteiger partial charge is 0.395 e.